The summed E-state index contributed by atoms with van der Waals surface area (Å²) in [5.41, 5.74) is 5.09. The molecule has 1 unspecified atom stereocenters. The second kappa shape index (κ2) is 9.98. The number of fused-ring (bicyclic) bond motifs is 2. The largest absolute Gasteiger partial charge is 0.475 e. The minimum Gasteiger partial charge on any atom is -0.475 e. The minimum atomic E-state index is -1.15. The van der Waals surface area contributed by atoms with E-state index < -0.39 is 12.0 Å². The molecule has 0 radical (unpaired) electrons. The third-order valence-electron chi connectivity index (χ3n) is 7.78. The first-order valence-electron chi connectivity index (χ1n) is 13.1. The highest BCUT2D eigenvalue weighted by atomic mass is 35.5. The van der Waals surface area contributed by atoms with Gasteiger partial charge in [0.25, 0.3) is 5.91 Å². The van der Waals surface area contributed by atoms with Crippen molar-refractivity contribution in [1.29, 1.82) is 0 Å². The number of nitrogens with zero attached hydrogens (tertiary/aromatic N) is 4. The van der Waals surface area contributed by atoms with Gasteiger partial charge in [-0.2, -0.15) is 0 Å². The number of benzene rings is 2. The molecule has 9 nitrogen and oxygen atoms in total. The van der Waals surface area contributed by atoms with Crippen LogP contribution in [0.2, 0.25) is 5.02 Å². The van der Waals surface area contributed by atoms with Crippen molar-refractivity contribution in [2.24, 2.45) is 0 Å². The van der Waals surface area contributed by atoms with Crippen LogP contribution in [0.4, 0.5) is 11.4 Å². The Morgan fingerprint density at radius 2 is 1.77 bits per heavy atom. The summed E-state index contributed by atoms with van der Waals surface area (Å²) in [6, 6.07) is 14.1. The van der Waals surface area contributed by atoms with Crippen LogP contribution in [0.25, 0.3) is 11.0 Å². The zero-order chi connectivity index (χ0) is 28.1. The van der Waals surface area contributed by atoms with Gasteiger partial charge in [0.15, 0.2) is 0 Å². The van der Waals surface area contributed by atoms with Gasteiger partial charge in [0.05, 0.1) is 28.9 Å². The third-order valence-corrected chi connectivity index (χ3v) is 8.18. The van der Waals surface area contributed by atoms with Gasteiger partial charge in [0, 0.05) is 49.4 Å². The molecule has 1 fully saturated rings. The molecule has 1 N–H and O–H groups in total. The highest BCUT2D eigenvalue weighted by molar-refractivity contribution is 6.38. The second-order valence-electron chi connectivity index (χ2n) is 10.2. The summed E-state index contributed by atoms with van der Waals surface area (Å²) in [5, 5.41) is 10.2. The lowest BCUT2D eigenvalue weighted by Gasteiger charge is -2.37. The summed E-state index contributed by atoms with van der Waals surface area (Å²) in [6.07, 6.45) is 1.76. The molecule has 2 aliphatic rings. The van der Waals surface area contributed by atoms with Crippen molar-refractivity contribution in [3.05, 3.63) is 87.9 Å². The maximum Gasteiger partial charge on any atom is 0.371 e. The molecular formula is C30H27ClN4O5. The number of hydrogen-bond acceptors (Lipinski definition) is 6. The van der Waals surface area contributed by atoms with Crippen LogP contribution in [0.5, 0.6) is 0 Å². The fourth-order valence-electron chi connectivity index (χ4n) is 5.81. The van der Waals surface area contributed by atoms with E-state index in [0.29, 0.717) is 47.9 Å². The lowest BCUT2D eigenvalue weighted by molar-refractivity contribution is -0.131. The number of carbonyl (C=O) groups is 3. The van der Waals surface area contributed by atoms with E-state index in [4.69, 9.17) is 16.0 Å². The number of aryl methyl sites for hydroxylation is 2. The van der Waals surface area contributed by atoms with Crippen LogP contribution in [-0.2, 0) is 4.79 Å². The maximum absolute atomic E-state index is 13.6. The zero-order valence-corrected chi connectivity index (χ0v) is 22.8. The molecular weight excluding hydrogens is 532 g/mol. The first kappa shape index (κ1) is 25.9. The van der Waals surface area contributed by atoms with Crippen molar-refractivity contribution in [3.8, 4) is 0 Å². The molecule has 0 aliphatic carbocycles. The Labute approximate surface area is 235 Å². The van der Waals surface area contributed by atoms with Crippen LogP contribution < -0.4 is 9.80 Å². The monoisotopic (exact) mass is 558 g/mol. The van der Waals surface area contributed by atoms with E-state index in [-0.39, 0.29) is 24.0 Å². The second-order valence-corrected chi connectivity index (χ2v) is 10.5. The molecule has 1 atom stereocenters. The number of carboxylic acids is 1. The molecule has 2 aromatic heterocycles. The number of anilines is 2. The lowest BCUT2D eigenvalue weighted by atomic mass is 10.0. The quantitative estimate of drug-likeness (QED) is 0.357. The molecule has 2 aliphatic heterocycles. The van der Waals surface area contributed by atoms with Gasteiger partial charge in [0.2, 0.25) is 11.7 Å². The Bertz CT molecular complexity index is 1650. The highest BCUT2D eigenvalue weighted by Gasteiger charge is 2.41. The van der Waals surface area contributed by atoms with E-state index in [1.165, 1.54) is 6.07 Å². The summed E-state index contributed by atoms with van der Waals surface area (Å²) in [5.74, 6) is -1.54. The predicted octanol–water partition coefficient (Wildman–Crippen LogP) is 5.24. The minimum absolute atomic E-state index is 0.0344. The molecule has 0 saturated carbocycles. The molecule has 40 heavy (non-hydrogen) atoms. The number of halogens is 1. The van der Waals surface area contributed by atoms with Crippen LogP contribution in [0.15, 0.2) is 59.1 Å². The van der Waals surface area contributed by atoms with E-state index in [1.807, 2.05) is 49.1 Å². The fraction of sp³-hybridized carbons (Fsp3) is 0.267. The standard InChI is InChI=1S/C30H27ClN4O5/c1-17-5-3-6-18(2)28(17)35-22(19-7-4-10-32-27(19)29(35)37)16-25(36)34-13-11-33(12-14-34)21-8-9-23-20(26(21)31)15-24(40-23)30(38)39/h3-10,15,22H,11-14,16H2,1-2H3,(H,38,39). The maximum atomic E-state index is 13.6. The molecule has 0 spiro atoms. The van der Waals surface area contributed by atoms with Gasteiger partial charge >= 0.3 is 5.97 Å². The summed E-state index contributed by atoms with van der Waals surface area (Å²) >= 11 is 6.65. The number of para-hydroxylation sites is 1. The number of aromatic carboxylic acids is 1. The highest BCUT2D eigenvalue weighted by Crippen LogP contribution is 2.42. The van der Waals surface area contributed by atoms with Gasteiger partial charge in [-0.3, -0.25) is 19.5 Å². The van der Waals surface area contributed by atoms with Crippen LogP contribution in [-0.4, -0.2) is 59.0 Å². The number of piperazine rings is 1. The molecule has 204 valence electrons. The third kappa shape index (κ3) is 4.26. The summed E-state index contributed by atoms with van der Waals surface area (Å²) in [7, 11) is 0. The topological polar surface area (TPSA) is 107 Å². The van der Waals surface area contributed by atoms with Crippen molar-refractivity contribution in [1.82, 2.24) is 9.88 Å². The fourth-order valence-corrected chi connectivity index (χ4v) is 6.14. The van der Waals surface area contributed by atoms with Gasteiger partial charge < -0.3 is 19.3 Å². The molecule has 0 bridgehead atoms. The number of amides is 2. The number of carboxylic acid groups (broad SMARTS) is 1. The molecule has 4 heterocycles. The van der Waals surface area contributed by atoms with Crippen molar-refractivity contribution in [3.63, 3.8) is 0 Å². The van der Waals surface area contributed by atoms with Gasteiger partial charge in [0.1, 0.15) is 11.3 Å². The normalized spacial score (nSPS) is 17.0. The van der Waals surface area contributed by atoms with Crippen LogP contribution >= 0.6 is 11.6 Å². The lowest BCUT2D eigenvalue weighted by Crippen LogP contribution is -2.49. The molecule has 1 saturated heterocycles. The Balaban J connectivity index is 1.21. The molecule has 2 aromatic carbocycles. The smallest absolute Gasteiger partial charge is 0.371 e. The Kier molecular flexibility index (Phi) is 6.46. The van der Waals surface area contributed by atoms with Crippen LogP contribution in [0, 0.1) is 13.8 Å². The first-order chi connectivity index (χ1) is 19.2. The van der Waals surface area contributed by atoms with Gasteiger partial charge in [-0.1, -0.05) is 35.9 Å². The average Bonchev–Trinajstić information content (AvgIpc) is 3.50. The van der Waals surface area contributed by atoms with Gasteiger partial charge in [-0.15, -0.1) is 0 Å². The summed E-state index contributed by atoms with van der Waals surface area (Å²) < 4.78 is 5.36. The van der Waals surface area contributed by atoms with E-state index >= 15 is 0 Å². The SMILES string of the molecule is Cc1cccc(C)c1N1C(=O)c2ncccc2C1CC(=O)N1CCN(c2ccc3oc(C(=O)O)cc3c2Cl)CC1. The molecule has 6 rings (SSSR count). The number of hydrogen-bond donors (Lipinski definition) is 1. The predicted molar refractivity (Wildman–Crippen MR) is 151 cm³/mol. The van der Waals surface area contributed by atoms with Crippen molar-refractivity contribution >= 4 is 51.7 Å². The molecule has 10 heteroatoms. The Morgan fingerprint density at radius 3 is 2.48 bits per heavy atom. The number of aromatic nitrogens is 1. The van der Waals surface area contributed by atoms with Crippen molar-refractivity contribution < 1.29 is 23.9 Å². The van der Waals surface area contributed by atoms with Gasteiger partial charge in [-0.05, 0) is 43.2 Å². The van der Waals surface area contributed by atoms with E-state index in [0.717, 1.165) is 28.1 Å². The van der Waals surface area contributed by atoms with E-state index in [1.54, 1.807) is 23.2 Å². The van der Waals surface area contributed by atoms with E-state index in [2.05, 4.69) is 9.88 Å². The summed E-state index contributed by atoms with van der Waals surface area (Å²) in [6.45, 7) is 6.04. The van der Waals surface area contributed by atoms with Gasteiger partial charge in [-0.25, -0.2) is 4.79 Å². The Hall–Kier alpha value is -4.37. The van der Waals surface area contributed by atoms with Crippen molar-refractivity contribution in [2.45, 2.75) is 26.3 Å². The molecule has 2 amide bonds. The molecule has 4 aromatic rings. The first-order valence-corrected chi connectivity index (χ1v) is 13.4. The van der Waals surface area contributed by atoms with Crippen molar-refractivity contribution in [2.75, 3.05) is 36.0 Å². The number of pyridine rings is 1. The number of furan rings is 1. The van der Waals surface area contributed by atoms with E-state index in [9.17, 15) is 19.5 Å². The zero-order valence-electron chi connectivity index (χ0n) is 22.1. The average molecular weight is 559 g/mol. The van der Waals surface area contributed by atoms with Crippen LogP contribution in [0.3, 0.4) is 0 Å². The number of carbonyl (C=O) groups excluding carboxylic acids is 2. The number of rotatable bonds is 5. The summed E-state index contributed by atoms with van der Waals surface area (Å²) in [4.78, 5) is 48.4. The Morgan fingerprint density at radius 1 is 1.05 bits per heavy atom. The van der Waals surface area contributed by atoms with Crippen LogP contribution in [0.1, 0.15) is 50.2 Å².